The van der Waals surface area contributed by atoms with Gasteiger partial charge in [0, 0.05) is 11.6 Å². The van der Waals surface area contributed by atoms with Crippen LogP contribution in [-0.2, 0) is 10.2 Å². The average molecular weight is 316 g/mol. The van der Waals surface area contributed by atoms with E-state index in [-0.39, 0.29) is 22.7 Å². The van der Waals surface area contributed by atoms with Gasteiger partial charge in [-0.05, 0) is 45.7 Å². The summed E-state index contributed by atoms with van der Waals surface area (Å²) in [5.41, 5.74) is 1.67. The van der Waals surface area contributed by atoms with Gasteiger partial charge in [-0.2, -0.15) is 0 Å². The van der Waals surface area contributed by atoms with E-state index in [0.717, 1.165) is 18.5 Å². The third-order valence-electron chi connectivity index (χ3n) is 4.79. The molecule has 1 N–H and O–H groups in total. The lowest BCUT2D eigenvalue weighted by Crippen LogP contribution is -2.45. The number of carboxylic acid groups (broad SMARTS) is 1. The van der Waals surface area contributed by atoms with Crippen LogP contribution in [0, 0.1) is 0 Å². The molecule has 0 radical (unpaired) electrons. The van der Waals surface area contributed by atoms with Gasteiger partial charge in [0.1, 0.15) is 11.3 Å². The lowest BCUT2D eigenvalue weighted by Gasteiger charge is -2.41. The minimum absolute atomic E-state index is 0.0210. The summed E-state index contributed by atoms with van der Waals surface area (Å²) in [5.74, 6) is -0.318. The Labute approximate surface area is 134 Å². The third kappa shape index (κ3) is 2.05. The predicted octanol–water partition coefficient (Wildman–Crippen LogP) is 2.64. The van der Waals surface area contributed by atoms with Crippen LogP contribution in [0.2, 0.25) is 0 Å². The number of ether oxygens (including phenoxy) is 2. The summed E-state index contributed by atoms with van der Waals surface area (Å²) < 4.78 is 13.7. The zero-order chi connectivity index (χ0) is 16.4. The number of pyridine rings is 1. The summed E-state index contributed by atoms with van der Waals surface area (Å²) in [6.45, 7) is 6.68. The zero-order valence-corrected chi connectivity index (χ0v) is 13.5. The summed E-state index contributed by atoms with van der Waals surface area (Å²) in [5, 5.41) is 9.23. The number of carboxylic acids is 1. The molecule has 1 aliphatic carbocycles. The van der Waals surface area contributed by atoms with E-state index in [4.69, 9.17) is 14.5 Å². The second-order valence-electron chi connectivity index (χ2n) is 7.26. The van der Waals surface area contributed by atoms with Crippen LogP contribution in [-0.4, -0.2) is 38.8 Å². The minimum atomic E-state index is -0.962. The Bertz CT molecular complexity index is 802. The molecule has 0 unspecified atom stereocenters. The molecule has 0 atom stereocenters. The first kappa shape index (κ1) is 14.5. The van der Waals surface area contributed by atoms with Crippen LogP contribution >= 0.6 is 0 Å². The number of rotatable bonds is 4. The minimum Gasteiger partial charge on any atom is -0.478 e. The van der Waals surface area contributed by atoms with Crippen molar-refractivity contribution in [2.75, 3.05) is 6.61 Å². The largest absolute Gasteiger partial charge is 0.478 e. The van der Waals surface area contributed by atoms with Crippen LogP contribution < -0.4 is 4.74 Å². The first-order valence-corrected chi connectivity index (χ1v) is 7.88. The lowest BCUT2D eigenvalue weighted by molar-refractivity contribution is 0.0150. The molecule has 6 heteroatoms. The number of hydrogen-bond acceptors (Lipinski definition) is 4. The molecule has 0 amide bonds. The number of carbonyl (C=O) groups is 1. The molecule has 3 aliphatic rings. The molecule has 2 saturated heterocycles. The lowest BCUT2D eigenvalue weighted by atomic mass is 9.61. The Morgan fingerprint density at radius 2 is 2.17 bits per heavy atom. The van der Waals surface area contributed by atoms with Gasteiger partial charge in [0.15, 0.2) is 0 Å². The van der Waals surface area contributed by atoms with Gasteiger partial charge in [-0.15, -0.1) is 0 Å². The quantitative estimate of drug-likeness (QED) is 0.938. The summed E-state index contributed by atoms with van der Waals surface area (Å²) in [6.07, 6.45) is 3.43. The number of nitrogens with zero attached hydrogens (tertiary/aromatic N) is 2. The number of hydrogen-bond donors (Lipinski definition) is 1. The van der Waals surface area contributed by atoms with Crippen LogP contribution in [0.15, 0.2) is 18.3 Å². The number of imidazole rings is 1. The number of fused-ring (bicyclic) bond motifs is 2. The highest BCUT2D eigenvalue weighted by Gasteiger charge is 2.62. The van der Waals surface area contributed by atoms with E-state index in [9.17, 15) is 9.90 Å². The monoisotopic (exact) mass is 316 g/mol. The van der Waals surface area contributed by atoms with E-state index in [1.807, 2.05) is 13.8 Å². The van der Waals surface area contributed by atoms with Crippen molar-refractivity contribution in [2.24, 2.45) is 0 Å². The van der Waals surface area contributed by atoms with Gasteiger partial charge < -0.3 is 14.6 Å². The first-order chi connectivity index (χ1) is 10.8. The molecule has 6 nitrogen and oxygen atoms in total. The fraction of sp³-hybridized carbons (Fsp3) is 0.529. The molecule has 5 rings (SSSR count). The van der Waals surface area contributed by atoms with Gasteiger partial charge in [-0.3, -0.25) is 4.40 Å². The van der Waals surface area contributed by atoms with Crippen molar-refractivity contribution in [3.63, 3.8) is 0 Å². The van der Waals surface area contributed by atoms with E-state index in [1.165, 1.54) is 0 Å². The van der Waals surface area contributed by atoms with Crippen molar-refractivity contribution in [2.45, 2.75) is 50.7 Å². The smallest absolute Gasteiger partial charge is 0.337 e. The highest BCUT2D eigenvalue weighted by atomic mass is 16.5. The van der Waals surface area contributed by atoms with Crippen LogP contribution in [0.4, 0.5) is 0 Å². The van der Waals surface area contributed by atoms with Crippen molar-refractivity contribution >= 4 is 11.6 Å². The molecule has 2 aromatic heterocycles. The molecular weight excluding hydrogens is 296 g/mol. The molecule has 4 heterocycles. The molecular formula is C17H20N2O4. The number of aromatic nitrogens is 2. The molecule has 2 aliphatic heterocycles. The molecule has 2 bridgehead atoms. The van der Waals surface area contributed by atoms with Crippen LogP contribution in [0.5, 0.6) is 5.88 Å². The Kier molecular flexibility index (Phi) is 2.82. The highest BCUT2D eigenvalue weighted by Crippen LogP contribution is 2.60. The van der Waals surface area contributed by atoms with Crippen LogP contribution in [0.1, 0.15) is 49.7 Å². The fourth-order valence-corrected chi connectivity index (χ4v) is 3.96. The van der Waals surface area contributed by atoms with Gasteiger partial charge in [0.25, 0.3) is 0 Å². The maximum Gasteiger partial charge on any atom is 0.337 e. The number of aromatic carboxylic acids is 1. The van der Waals surface area contributed by atoms with Crippen LogP contribution in [0.3, 0.4) is 0 Å². The van der Waals surface area contributed by atoms with E-state index in [2.05, 4.69) is 6.92 Å². The standard InChI is InChI=1S/C17H20N2O4/c1-10(2)23-14-13(17-7-16(3,8-17)22-9-17)18-12-5-4-11(15(20)21)6-19(12)14/h4-6,10H,7-9H2,1-3H3,(H,20,21). The molecule has 3 fully saturated rings. The topological polar surface area (TPSA) is 73.1 Å². The third-order valence-corrected chi connectivity index (χ3v) is 4.79. The Morgan fingerprint density at radius 1 is 1.43 bits per heavy atom. The van der Waals surface area contributed by atoms with Crippen molar-refractivity contribution in [3.05, 3.63) is 29.6 Å². The SMILES string of the molecule is CC(C)Oc1c(C23COC(C)(C2)C3)nc2ccc(C(=O)O)cn12. The van der Waals surface area contributed by atoms with Gasteiger partial charge >= 0.3 is 5.97 Å². The average Bonchev–Trinajstić information content (AvgIpc) is 3.07. The summed E-state index contributed by atoms with van der Waals surface area (Å²) >= 11 is 0. The molecule has 0 aromatic carbocycles. The second kappa shape index (κ2) is 4.47. The summed E-state index contributed by atoms with van der Waals surface area (Å²) in [4.78, 5) is 16.0. The Balaban J connectivity index is 1.88. The van der Waals surface area contributed by atoms with Crippen LogP contribution in [0.25, 0.3) is 5.65 Å². The Morgan fingerprint density at radius 3 is 2.74 bits per heavy atom. The molecule has 1 saturated carbocycles. The van der Waals surface area contributed by atoms with Crippen molar-refractivity contribution in [1.29, 1.82) is 0 Å². The van der Waals surface area contributed by atoms with E-state index < -0.39 is 5.97 Å². The zero-order valence-electron chi connectivity index (χ0n) is 13.5. The van der Waals surface area contributed by atoms with Gasteiger partial charge in [-0.25, -0.2) is 9.78 Å². The molecule has 23 heavy (non-hydrogen) atoms. The van der Waals surface area contributed by atoms with Crippen molar-refractivity contribution < 1.29 is 19.4 Å². The summed E-state index contributed by atoms with van der Waals surface area (Å²) in [7, 11) is 0. The van der Waals surface area contributed by atoms with Crippen molar-refractivity contribution in [3.8, 4) is 5.88 Å². The molecule has 0 spiro atoms. The highest BCUT2D eigenvalue weighted by molar-refractivity contribution is 5.87. The maximum absolute atomic E-state index is 11.3. The normalized spacial score (nSPS) is 29.0. The van der Waals surface area contributed by atoms with E-state index >= 15 is 0 Å². The van der Waals surface area contributed by atoms with Gasteiger partial charge in [0.05, 0.1) is 23.9 Å². The van der Waals surface area contributed by atoms with Gasteiger partial charge in [-0.1, -0.05) is 0 Å². The summed E-state index contributed by atoms with van der Waals surface area (Å²) in [6, 6.07) is 3.30. The van der Waals surface area contributed by atoms with E-state index in [0.29, 0.717) is 18.1 Å². The van der Waals surface area contributed by atoms with Crippen molar-refractivity contribution in [1.82, 2.24) is 9.38 Å². The predicted molar refractivity (Wildman–Crippen MR) is 83.2 cm³/mol. The van der Waals surface area contributed by atoms with E-state index in [1.54, 1.807) is 22.7 Å². The van der Waals surface area contributed by atoms with Gasteiger partial charge in [0.2, 0.25) is 5.88 Å². The molecule has 122 valence electrons. The maximum atomic E-state index is 11.3. The fourth-order valence-electron chi connectivity index (χ4n) is 3.96. The Hall–Kier alpha value is -2.08. The first-order valence-electron chi connectivity index (χ1n) is 7.88. The second-order valence-corrected chi connectivity index (χ2v) is 7.26. The molecule has 2 aromatic rings.